The third-order valence-corrected chi connectivity index (χ3v) is 3.70. The van der Waals surface area contributed by atoms with Crippen molar-refractivity contribution < 1.29 is 14.7 Å². The van der Waals surface area contributed by atoms with Crippen LogP contribution in [0.3, 0.4) is 0 Å². The minimum Gasteiger partial charge on any atom is -0.480 e. The maximum Gasteiger partial charge on any atom is 0.326 e. The zero-order chi connectivity index (χ0) is 15.4. The number of fused-ring (bicyclic) bond motifs is 1. The van der Waals surface area contributed by atoms with Gasteiger partial charge in [0, 0.05) is 7.05 Å². The van der Waals surface area contributed by atoms with Crippen molar-refractivity contribution in [2.45, 2.75) is 25.8 Å². The van der Waals surface area contributed by atoms with Crippen molar-refractivity contribution in [3.63, 3.8) is 0 Å². The highest BCUT2D eigenvalue weighted by Gasteiger charge is 2.24. The molecule has 1 amide bonds. The molecule has 0 heterocycles. The van der Waals surface area contributed by atoms with Crippen LogP contribution in [-0.2, 0) is 16.0 Å². The fraction of sp³-hybridized carbons (Fsp3) is 0.294. The van der Waals surface area contributed by atoms with Gasteiger partial charge in [0.15, 0.2) is 0 Å². The van der Waals surface area contributed by atoms with Gasteiger partial charge in [0.2, 0.25) is 5.91 Å². The molecule has 0 fully saturated rings. The van der Waals surface area contributed by atoms with E-state index >= 15 is 0 Å². The molecule has 4 nitrogen and oxygen atoms in total. The second-order valence-corrected chi connectivity index (χ2v) is 5.13. The molecule has 0 radical (unpaired) electrons. The minimum absolute atomic E-state index is 0.181. The van der Waals surface area contributed by atoms with Crippen LogP contribution in [0.25, 0.3) is 10.8 Å². The van der Waals surface area contributed by atoms with Crippen molar-refractivity contribution in [3.05, 3.63) is 48.0 Å². The van der Waals surface area contributed by atoms with Gasteiger partial charge in [-0.2, -0.15) is 0 Å². The molecule has 0 saturated heterocycles. The van der Waals surface area contributed by atoms with Crippen molar-refractivity contribution in [1.82, 2.24) is 4.90 Å². The summed E-state index contributed by atoms with van der Waals surface area (Å²) < 4.78 is 0. The van der Waals surface area contributed by atoms with Crippen LogP contribution in [0.15, 0.2) is 42.5 Å². The van der Waals surface area contributed by atoms with Crippen LogP contribution in [0, 0.1) is 0 Å². The first-order valence-corrected chi connectivity index (χ1v) is 6.99. The Bertz CT molecular complexity index is 666. The van der Waals surface area contributed by atoms with E-state index in [9.17, 15) is 9.59 Å². The molecule has 1 unspecified atom stereocenters. The van der Waals surface area contributed by atoms with Gasteiger partial charge >= 0.3 is 5.97 Å². The Kier molecular flexibility index (Phi) is 4.58. The van der Waals surface area contributed by atoms with Gasteiger partial charge in [-0.3, -0.25) is 4.79 Å². The number of carboxylic acids is 1. The summed E-state index contributed by atoms with van der Waals surface area (Å²) in [6, 6.07) is 13.0. The van der Waals surface area contributed by atoms with Crippen molar-refractivity contribution in [1.29, 1.82) is 0 Å². The molecule has 0 aromatic heterocycles. The maximum absolute atomic E-state index is 12.2. The Morgan fingerprint density at radius 1 is 1.14 bits per heavy atom. The molecule has 1 atom stereocenters. The van der Waals surface area contributed by atoms with Crippen LogP contribution in [0.4, 0.5) is 0 Å². The topological polar surface area (TPSA) is 57.6 Å². The van der Waals surface area contributed by atoms with Gasteiger partial charge in [-0.15, -0.1) is 0 Å². The summed E-state index contributed by atoms with van der Waals surface area (Å²) in [6.45, 7) is 1.76. The van der Waals surface area contributed by atoms with E-state index in [4.69, 9.17) is 5.11 Å². The second kappa shape index (κ2) is 6.39. The number of hydrogen-bond donors (Lipinski definition) is 1. The third-order valence-electron chi connectivity index (χ3n) is 3.70. The van der Waals surface area contributed by atoms with Crippen molar-refractivity contribution in [2.24, 2.45) is 0 Å². The Morgan fingerprint density at radius 2 is 1.81 bits per heavy atom. The van der Waals surface area contributed by atoms with Crippen LogP contribution < -0.4 is 0 Å². The highest BCUT2D eigenvalue weighted by Crippen LogP contribution is 2.16. The smallest absolute Gasteiger partial charge is 0.326 e. The molecule has 0 aliphatic carbocycles. The summed E-state index contributed by atoms with van der Waals surface area (Å²) >= 11 is 0. The first-order valence-electron chi connectivity index (χ1n) is 6.99. The van der Waals surface area contributed by atoms with Gasteiger partial charge in [0.25, 0.3) is 0 Å². The van der Waals surface area contributed by atoms with Crippen LogP contribution in [-0.4, -0.2) is 35.0 Å². The van der Waals surface area contributed by atoms with Gasteiger partial charge in [0.05, 0.1) is 6.42 Å². The number of carboxylic acid groups (broad SMARTS) is 1. The zero-order valence-corrected chi connectivity index (χ0v) is 12.2. The highest BCUT2D eigenvalue weighted by molar-refractivity contribution is 5.87. The summed E-state index contributed by atoms with van der Waals surface area (Å²) in [5.41, 5.74) is 0.894. The fourth-order valence-electron chi connectivity index (χ4n) is 2.44. The third kappa shape index (κ3) is 3.40. The Morgan fingerprint density at radius 3 is 2.43 bits per heavy atom. The van der Waals surface area contributed by atoms with E-state index in [1.54, 1.807) is 14.0 Å². The average molecular weight is 285 g/mol. The van der Waals surface area contributed by atoms with E-state index < -0.39 is 12.0 Å². The van der Waals surface area contributed by atoms with E-state index in [1.807, 2.05) is 42.5 Å². The number of aliphatic carboxylic acids is 1. The number of nitrogens with zero attached hydrogens (tertiary/aromatic N) is 1. The largest absolute Gasteiger partial charge is 0.480 e. The summed E-state index contributed by atoms with van der Waals surface area (Å²) in [6.07, 6.45) is 0.612. The number of amides is 1. The number of likely N-dealkylation sites (N-methyl/N-ethyl adjacent to an activating group) is 1. The lowest BCUT2D eigenvalue weighted by molar-refractivity contribution is -0.148. The molecule has 2 aromatic rings. The zero-order valence-electron chi connectivity index (χ0n) is 12.2. The number of rotatable bonds is 5. The molecule has 0 bridgehead atoms. The van der Waals surface area contributed by atoms with Gasteiger partial charge in [-0.25, -0.2) is 4.79 Å². The quantitative estimate of drug-likeness (QED) is 0.919. The first-order chi connectivity index (χ1) is 10.0. The molecule has 21 heavy (non-hydrogen) atoms. The van der Waals surface area contributed by atoms with E-state index in [0.717, 1.165) is 16.3 Å². The van der Waals surface area contributed by atoms with Crippen LogP contribution in [0.5, 0.6) is 0 Å². The molecular weight excluding hydrogens is 266 g/mol. The average Bonchev–Trinajstić information content (AvgIpc) is 2.47. The van der Waals surface area contributed by atoms with Gasteiger partial charge in [-0.1, -0.05) is 49.4 Å². The normalized spacial score (nSPS) is 12.1. The van der Waals surface area contributed by atoms with Gasteiger partial charge in [0.1, 0.15) is 6.04 Å². The summed E-state index contributed by atoms with van der Waals surface area (Å²) in [5.74, 6) is -1.15. The standard InChI is InChI=1S/C17H19NO3/c1-3-15(17(20)21)18(2)16(19)11-12-8-9-13-6-4-5-7-14(13)10-12/h4-10,15H,3,11H2,1-2H3,(H,20,21). The first kappa shape index (κ1) is 15.0. The van der Waals surface area contributed by atoms with Crippen LogP contribution in [0.2, 0.25) is 0 Å². The van der Waals surface area contributed by atoms with Gasteiger partial charge < -0.3 is 10.0 Å². The summed E-state index contributed by atoms with van der Waals surface area (Å²) in [5, 5.41) is 11.3. The second-order valence-electron chi connectivity index (χ2n) is 5.13. The lowest BCUT2D eigenvalue weighted by atomic mass is 10.0. The van der Waals surface area contributed by atoms with E-state index in [1.165, 1.54) is 4.90 Å². The summed E-state index contributed by atoms with van der Waals surface area (Å²) in [4.78, 5) is 24.6. The molecule has 4 heteroatoms. The van der Waals surface area contributed by atoms with Crippen molar-refractivity contribution in [3.8, 4) is 0 Å². The molecule has 2 aromatic carbocycles. The lowest BCUT2D eigenvalue weighted by Crippen LogP contribution is -2.42. The van der Waals surface area contributed by atoms with E-state index in [-0.39, 0.29) is 12.3 Å². The predicted octanol–water partition coefficient (Wildman–Crippen LogP) is 2.70. The highest BCUT2D eigenvalue weighted by atomic mass is 16.4. The molecule has 0 aliphatic rings. The lowest BCUT2D eigenvalue weighted by Gasteiger charge is -2.23. The Hall–Kier alpha value is -2.36. The number of hydrogen-bond acceptors (Lipinski definition) is 2. The minimum atomic E-state index is -0.966. The number of carbonyl (C=O) groups excluding carboxylic acids is 1. The van der Waals surface area contributed by atoms with Crippen molar-refractivity contribution >= 4 is 22.6 Å². The number of carbonyl (C=O) groups is 2. The van der Waals surface area contributed by atoms with E-state index in [0.29, 0.717) is 6.42 Å². The monoisotopic (exact) mass is 285 g/mol. The molecule has 0 aliphatic heterocycles. The van der Waals surface area contributed by atoms with Crippen LogP contribution in [0.1, 0.15) is 18.9 Å². The predicted molar refractivity (Wildman–Crippen MR) is 82.1 cm³/mol. The Labute approximate surface area is 124 Å². The SMILES string of the molecule is CCC(C(=O)O)N(C)C(=O)Cc1ccc2ccccc2c1. The molecule has 1 N–H and O–H groups in total. The van der Waals surface area contributed by atoms with Crippen LogP contribution >= 0.6 is 0 Å². The fourth-order valence-corrected chi connectivity index (χ4v) is 2.44. The number of benzene rings is 2. The van der Waals surface area contributed by atoms with Gasteiger partial charge in [-0.05, 0) is 22.8 Å². The van der Waals surface area contributed by atoms with E-state index in [2.05, 4.69) is 0 Å². The molecule has 110 valence electrons. The molecular formula is C17H19NO3. The summed E-state index contributed by atoms with van der Waals surface area (Å²) in [7, 11) is 1.55. The molecule has 2 rings (SSSR count). The molecule has 0 saturated carbocycles. The Balaban J connectivity index is 2.15. The molecule has 0 spiro atoms. The van der Waals surface area contributed by atoms with Crippen molar-refractivity contribution in [2.75, 3.05) is 7.05 Å². The maximum atomic E-state index is 12.2.